The molecule has 0 atom stereocenters. The summed E-state index contributed by atoms with van der Waals surface area (Å²) in [6.07, 6.45) is 5.41. The predicted molar refractivity (Wildman–Crippen MR) is 302 cm³/mol. The van der Waals surface area contributed by atoms with Crippen molar-refractivity contribution in [1.29, 1.82) is 0 Å². The van der Waals surface area contributed by atoms with Gasteiger partial charge in [-0.1, -0.05) is 190 Å². The topological polar surface area (TPSA) is 79.1 Å². The number of hydrogen-bond acceptors (Lipinski definition) is 5. The number of nitrogens with zero attached hydrogens (tertiary/aromatic N) is 3. The Morgan fingerprint density at radius 1 is 0.315 bits per heavy atom. The zero-order valence-corrected chi connectivity index (χ0v) is 40.8. The molecule has 0 aliphatic heterocycles. The van der Waals surface area contributed by atoms with Crippen LogP contribution in [0.3, 0.4) is 0 Å². The molecule has 0 spiro atoms. The van der Waals surface area contributed by atoms with Crippen LogP contribution in [0.1, 0.15) is 26.3 Å². The second-order valence-electron chi connectivity index (χ2n) is 19.4. The molecule has 11 aromatic rings. The number of aromatic nitrogens is 3. The third kappa shape index (κ3) is 9.35. The number of aromatic hydroxyl groups is 2. The molecule has 0 fully saturated rings. The molecule has 3 heterocycles. The lowest BCUT2D eigenvalue weighted by Crippen LogP contribution is -2.11. The Morgan fingerprint density at radius 3 is 1.27 bits per heavy atom. The second kappa shape index (κ2) is 19.6. The Labute approximate surface area is 428 Å². The summed E-state index contributed by atoms with van der Waals surface area (Å²) in [7, 11) is 6.87. The molecule has 0 bridgehead atoms. The van der Waals surface area contributed by atoms with Crippen molar-refractivity contribution < 1.29 is 10.2 Å². The summed E-state index contributed by atoms with van der Waals surface area (Å²) in [4.78, 5) is 13.9. The zero-order valence-electron chi connectivity index (χ0n) is 40.8. The minimum Gasteiger partial charge on any atom is -0.504 e. The summed E-state index contributed by atoms with van der Waals surface area (Å²) in [5.74, 6) is -0.598. The lowest BCUT2D eigenvalue weighted by atomic mass is 9.81. The van der Waals surface area contributed by atoms with Crippen LogP contribution in [-0.4, -0.2) is 33.0 Å². The molecule has 8 aromatic carbocycles. The first-order chi connectivity index (χ1) is 35.6. The van der Waals surface area contributed by atoms with Gasteiger partial charge in [0.15, 0.2) is 11.5 Å². The third-order valence-corrected chi connectivity index (χ3v) is 13.6. The van der Waals surface area contributed by atoms with Gasteiger partial charge in [-0.05, 0) is 138 Å². The van der Waals surface area contributed by atoms with Crippen LogP contribution in [0.25, 0.3) is 112 Å². The Kier molecular flexibility index (Phi) is 12.4. The number of phenolic OH excluding ortho intramolecular Hbond substituents is 2. The monoisotopic (exact) mass is 939 g/mol. The van der Waals surface area contributed by atoms with Crippen molar-refractivity contribution in [2.24, 2.45) is 0 Å². The highest BCUT2D eigenvalue weighted by Gasteiger charge is 2.22. The van der Waals surface area contributed by atoms with Crippen molar-refractivity contribution >= 4 is 13.3 Å². The van der Waals surface area contributed by atoms with Gasteiger partial charge >= 0.3 is 0 Å². The smallest absolute Gasteiger partial charge is 0.167 e. The number of benzene rings is 8. The van der Waals surface area contributed by atoms with Gasteiger partial charge in [-0.2, -0.15) is 0 Å². The molecule has 0 saturated carbocycles. The molecule has 0 unspecified atom stereocenters. The van der Waals surface area contributed by atoms with Crippen LogP contribution in [0, 0.1) is 0 Å². The van der Waals surface area contributed by atoms with E-state index >= 15 is 0 Å². The number of rotatable bonds is 10. The van der Waals surface area contributed by atoms with E-state index in [0.29, 0.717) is 27.8 Å². The minimum absolute atomic E-state index is 0.00289. The number of hydrogen-bond donors (Lipinski definition) is 2. The van der Waals surface area contributed by atoms with Crippen molar-refractivity contribution in [1.82, 2.24) is 15.0 Å². The van der Waals surface area contributed by atoms with Gasteiger partial charge in [0.25, 0.3) is 0 Å². The molecule has 73 heavy (non-hydrogen) atoms. The summed E-state index contributed by atoms with van der Waals surface area (Å²) < 4.78 is 0. The quantitative estimate of drug-likeness (QED) is 0.105. The summed E-state index contributed by atoms with van der Waals surface area (Å²) >= 11 is 0. The standard InChI is InChI=1S/C67H50BN3O2/c1-67(2,3)52-33-36-71-63(41-52)47-30-26-45(27-31-47)54-18-8-10-20-56(54)50-37-49(38-51(39-50)57-21-11-12-22-58(57)64-60(68)42-59(65(72)66(64)73)61-23-13-14-34-69-61)55-19-9-7-17-53(55)44-24-28-46(29-25-44)62-40-48(32-35-70-62)43-15-5-4-6-16-43/h4-42,72-73H,1-3H3. The maximum absolute atomic E-state index is 11.9. The van der Waals surface area contributed by atoms with Gasteiger partial charge in [-0.15, -0.1) is 0 Å². The van der Waals surface area contributed by atoms with Crippen LogP contribution in [0.5, 0.6) is 11.5 Å². The van der Waals surface area contributed by atoms with Gasteiger partial charge in [-0.3, -0.25) is 15.0 Å². The van der Waals surface area contributed by atoms with Crippen LogP contribution in [0.15, 0.2) is 237 Å². The van der Waals surface area contributed by atoms with Crippen molar-refractivity contribution in [2.45, 2.75) is 26.2 Å². The molecule has 0 aliphatic carbocycles. The molecule has 348 valence electrons. The van der Waals surface area contributed by atoms with E-state index in [4.69, 9.17) is 17.8 Å². The summed E-state index contributed by atoms with van der Waals surface area (Å²) in [6, 6.07) is 74.8. The zero-order chi connectivity index (χ0) is 50.1. The van der Waals surface area contributed by atoms with Gasteiger partial charge in [0.1, 0.15) is 7.85 Å². The van der Waals surface area contributed by atoms with Gasteiger partial charge in [-0.25, -0.2) is 0 Å². The molecule has 0 amide bonds. The lowest BCUT2D eigenvalue weighted by molar-refractivity contribution is 0.407. The fourth-order valence-electron chi connectivity index (χ4n) is 9.79. The van der Waals surface area contributed by atoms with Crippen molar-refractivity contribution in [3.63, 3.8) is 0 Å². The minimum atomic E-state index is -0.311. The Balaban J connectivity index is 1.05. The van der Waals surface area contributed by atoms with E-state index in [2.05, 4.69) is 183 Å². The molecule has 0 saturated heterocycles. The Hall–Kier alpha value is -9.13. The fraction of sp³-hybridized carbons (Fsp3) is 0.0597. The van der Waals surface area contributed by atoms with Crippen LogP contribution in [0.4, 0.5) is 0 Å². The Morgan fingerprint density at radius 2 is 0.753 bits per heavy atom. The van der Waals surface area contributed by atoms with Crippen LogP contribution < -0.4 is 5.46 Å². The van der Waals surface area contributed by atoms with E-state index in [1.54, 1.807) is 24.4 Å². The first-order valence-corrected chi connectivity index (χ1v) is 24.5. The van der Waals surface area contributed by atoms with E-state index in [0.717, 1.165) is 89.3 Å². The van der Waals surface area contributed by atoms with Crippen molar-refractivity contribution in [3.05, 3.63) is 243 Å². The van der Waals surface area contributed by atoms with Gasteiger partial charge < -0.3 is 10.2 Å². The van der Waals surface area contributed by atoms with E-state index in [1.165, 1.54) is 5.56 Å². The first-order valence-electron chi connectivity index (χ1n) is 24.5. The maximum Gasteiger partial charge on any atom is 0.167 e. The normalized spacial score (nSPS) is 11.4. The highest BCUT2D eigenvalue weighted by molar-refractivity contribution is 6.37. The molecule has 0 aliphatic rings. The lowest BCUT2D eigenvalue weighted by Gasteiger charge is -2.20. The summed E-state index contributed by atoms with van der Waals surface area (Å²) in [5, 5.41) is 23.4. The van der Waals surface area contributed by atoms with Crippen molar-refractivity contribution in [3.8, 4) is 123 Å². The largest absolute Gasteiger partial charge is 0.504 e. The van der Waals surface area contributed by atoms with E-state index < -0.39 is 0 Å². The van der Waals surface area contributed by atoms with Gasteiger partial charge in [0, 0.05) is 40.8 Å². The van der Waals surface area contributed by atoms with Crippen molar-refractivity contribution in [2.75, 3.05) is 0 Å². The maximum atomic E-state index is 11.9. The van der Waals surface area contributed by atoms with Gasteiger partial charge in [0.2, 0.25) is 0 Å². The highest BCUT2D eigenvalue weighted by atomic mass is 16.3. The van der Waals surface area contributed by atoms with E-state index in [-0.39, 0.29) is 16.9 Å². The molecular formula is C67H50BN3O2. The molecule has 2 N–H and O–H groups in total. The predicted octanol–water partition coefficient (Wildman–Crippen LogP) is 16.0. The number of phenols is 2. The molecule has 5 nitrogen and oxygen atoms in total. The summed E-state index contributed by atoms with van der Waals surface area (Å²) in [6.45, 7) is 6.66. The average Bonchev–Trinajstić information content (AvgIpc) is 3.44. The third-order valence-electron chi connectivity index (χ3n) is 13.6. The van der Waals surface area contributed by atoms with Crippen LogP contribution >= 0.6 is 0 Å². The SMILES string of the molecule is [B]c1cc(-c2ccccn2)c(O)c(O)c1-c1ccccc1-c1cc(-c2ccccc2-c2ccc(-c3cc(-c4ccccc4)ccn3)cc2)cc(-c2ccccc2-c2ccc(-c3cc(C(C)(C)C)ccn3)cc2)c1. The Bertz CT molecular complexity index is 3790. The van der Waals surface area contributed by atoms with E-state index in [1.807, 2.05) is 54.9 Å². The average molecular weight is 940 g/mol. The fourth-order valence-corrected chi connectivity index (χ4v) is 9.79. The van der Waals surface area contributed by atoms with Crippen LogP contribution in [-0.2, 0) is 5.41 Å². The molecule has 11 rings (SSSR count). The van der Waals surface area contributed by atoms with Gasteiger partial charge in [0.05, 0.1) is 17.1 Å². The van der Waals surface area contributed by atoms with Crippen LogP contribution in [0.2, 0.25) is 0 Å². The highest BCUT2D eigenvalue weighted by Crippen LogP contribution is 2.46. The second-order valence-corrected chi connectivity index (χ2v) is 19.4. The number of pyridine rings is 3. The summed E-state index contributed by atoms with van der Waals surface area (Å²) in [5.41, 5.74) is 19.7. The molecule has 6 heteroatoms. The first kappa shape index (κ1) is 46.3. The molecular weight excluding hydrogens is 890 g/mol. The molecule has 3 aromatic heterocycles. The van der Waals surface area contributed by atoms with E-state index in [9.17, 15) is 10.2 Å². The molecule has 2 radical (unpaired) electrons.